The van der Waals surface area contributed by atoms with Gasteiger partial charge in [0.2, 0.25) is 0 Å². The standard InChI is InChI=1S/C20H13ClN4O8S/c1-9-16(19(27)32-2)17(10-3-5-12(21)13(7-10)24(28)29)23-18(26)14(34-20(23)22-9)8-11-4-6-15(33-11)25(30)31/h3-8,17H,1-2H3. The fourth-order valence-corrected chi connectivity index (χ4v) is 4.71. The maximum absolute atomic E-state index is 13.4. The topological polar surface area (TPSA) is 160 Å². The van der Waals surface area contributed by atoms with Crippen LogP contribution in [0.25, 0.3) is 6.08 Å². The molecule has 1 unspecified atom stereocenters. The number of allylic oxidation sites excluding steroid dienone is 1. The number of methoxy groups -OCH3 is 1. The zero-order valence-electron chi connectivity index (χ0n) is 17.4. The highest BCUT2D eigenvalue weighted by atomic mass is 35.5. The molecule has 4 rings (SSSR count). The molecule has 14 heteroatoms. The number of carbonyl (C=O) groups excluding carboxylic acids is 1. The number of ether oxygens (including phenoxy) is 1. The average Bonchev–Trinajstić information content (AvgIpc) is 3.37. The molecular formula is C20H13ClN4O8S. The number of thiazole rings is 1. The molecule has 174 valence electrons. The minimum Gasteiger partial charge on any atom is -0.466 e. The summed E-state index contributed by atoms with van der Waals surface area (Å²) >= 11 is 6.91. The first kappa shape index (κ1) is 23.1. The molecular weight excluding hydrogens is 492 g/mol. The van der Waals surface area contributed by atoms with E-state index in [0.717, 1.165) is 17.4 Å². The number of rotatable bonds is 5. The number of fused-ring (bicyclic) bond motifs is 1. The Morgan fingerprint density at radius 1 is 1.26 bits per heavy atom. The number of hydrogen-bond donors (Lipinski definition) is 0. The average molecular weight is 505 g/mol. The van der Waals surface area contributed by atoms with E-state index in [9.17, 15) is 29.8 Å². The molecule has 0 saturated heterocycles. The van der Waals surface area contributed by atoms with E-state index in [0.29, 0.717) is 0 Å². The Bertz CT molecular complexity index is 1580. The first-order chi connectivity index (χ1) is 16.1. The lowest BCUT2D eigenvalue weighted by Crippen LogP contribution is -2.39. The second-order valence-corrected chi connectivity index (χ2v) is 8.39. The fraction of sp³-hybridized carbons (Fsp3) is 0.150. The smallest absolute Gasteiger partial charge is 0.433 e. The van der Waals surface area contributed by atoms with Crippen LogP contribution >= 0.6 is 22.9 Å². The number of nitrogens with zero attached hydrogens (tertiary/aromatic N) is 4. The number of aromatic nitrogens is 1. The largest absolute Gasteiger partial charge is 0.466 e. The molecule has 1 aliphatic heterocycles. The van der Waals surface area contributed by atoms with Crippen molar-refractivity contribution < 1.29 is 23.8 Å². The first-order valence-electron chi connectivity index (χ1n) is 9.41. The fourth-order valence-electron chi connectivity index (χ4n) is 3.49. The summed E-state index contributed by atoms with van der Waals surface area (Å²) in [4.78, 5) is 51.5. The van der Waals surface area contributed by atoms with Crippen LogP contribution < -0.4 is 14.9 Å². The lowest BCUT2D eigenvalue weighted by molar-refractivity contribution is -0.402. The lowest BCUT2D eigenvalue weighted by atomic mass is 9.95. The second-order valence-electron chi connectivity index (χ2n) is 6.97. The van der Waals surface area contributed by atoms with Crippen LogP contribution in [0.3, 0.4) is 0 Å². The number of halogens is 1. The van der Waals surface area contributed by atoms with Gasteiger partial charge in [-0.3, -0.25) is 29.6 Å². The predicted molar refractivity (Wildman–Crippen MR) is 119 cm³/mol. The van der Waals surface area contributed by atoms with Crippen LogP contribution in [0.2, 0.25) is 5.02 Å². The van der Waals surface area contributed by atoms with Gasteiger partial charge >= 0.3 is 11.9 Å². The zero-order valence-corrected chi connectivity index (χ0v) is 19.0. The summed E-state index contributed by atoms with van der Waals surface area (Å²) in [5, 5.41) is 22.2. The molecule has 3 aromatic rings. The Morgan fingerprint density at radius 2 is 2.00 bits per heavy atom. The van der Waals surface area contributed by atoms with Gasteiger partial charge in [0.05, 0.1) is 39.9 Å². The minimum absolute atomic E-state index is 0.0201. The number of nitro benzene ring substituents is 1. The van der Waals surface area contributed by atoms with Crippen LogP contribution in [0.4, 0.5) is 11.6 Å². The van der Waals surface area contributed by atoms with Crippen molar-refractivity contribution in [3.63, 3.8) is 0 Å². The molecule has 2 aromatic heterocycles. The molecule has 0 amide bonds. The number of nitro groups is 2. The normalized spacial score (nSPS) is 15.6. The van der Waals surface area contributed by atoms with Crippen molar-refractivity contribution in [1.82, 2.24) is 4.57 Å². The molecule has 12 nitrogen and oxygen atoms in total. The molecule has 0 radical (unpaired) electrons. The molecule has 3 heterocycles. The first-order valence-corrected chi connectivity index (χ1v) is 10.6. The zero-order chi connectivity index (χ0) is 24.7. The van der Waals surface area contributed by atoms with Gasteiger partial charge in [-0.25, -0.2) is 9.79 Å². The van der Waals surface area contributed by atoms with Gasteiger partial charge in [0.25, 0.3) is 11.2 Å². The van der Waals surface area contributed by atoms with Crippen LogP contribution in [-0.4, -0.2) is 27.5 Å². The number of carbonyl (C=O) groups is 1. The summed E-state index contributed by atoms with van der Waals surface area (Å²) in [5.41, 5.74) is -0.461. The van der Waals surface area contributed by atoms with Gasteiger partial charge < -0.3 is 9.15 Å². The molecule has 34 heavy (non-hydrogen) atoms. The summed E-state index contributed by atoms with van der Waals surface area (Å²) in [5.74, 6) is -1.19. The molecule has 0 saturated carbocycles. The third-order valence-electron chi connectivity index (χ3n) is 4.98. The van der Waals surface area contributed by atoms with Gasteiger partial charge in [0, 0.05) is 12.1 Å². The summed E-state index contributed by atoms with van der Waals surface area (Å²) in [6.45, 7) is 1.55. The summed E-state index contributed by atoms with van der Waals surface area (Å²) in [7, 11) is 1.17. The van der Waals surface area contributed by atoms with Crippen LogP contribution in [0.5, 0.6) is 0 Å². The van der Waals surface area contributed by atoms with E-state index >= 15 is 0 Å². The van der Waals surface area contributed by atoms with Gasteiger partial charge in [-0.05, 0) is 24.6 Å². The number of benzene rings is 1. The van der Waals surface area contributed by atoms with E-state index in [4.69, 9.17) is 20.8 Å². The van der Waals surface area contributed by atoms with E-state index < -0.39 is 39.0 Å². The van der Waals surface area contributed by atoms with Crippen LogP contribution in [0.1, 0.15) is 24.3 Å². The maximum Gasteiger partial charge on any atom is 0.433 e. The molecule has 0 fully saturated rings. The lowest BCUT2D eigenvalue weighted by Gasteiger charge is -2.24. The van der Waals surface area contributed by atoms with Crippen molar-refractivity contribution >= 4 is 46.6 Å². The Labute approximate surface area is 198 Å². The number of hydrogen-bond acceptors (Lipinski definition) is 10. The highest BCUT2D eigenvalue weighted by Gasteiger charge is 2.34. The Kier molecular flexibility index (Phi) is 5.89. The van der Waals surface area contributed by atoms with E-state index in [2.05, 4.69) is 4.99 Å². The molecule has 0 N–H and O–H groups in total. The van der Waals surface area contributed by atoms with E-state index in [1.165, 1.54) is 42.0 Å². The molecule has 1 aromatic carbocycles. The van der Waals surface area contributed by atoms with Crippen LogP contribution in [-0.2, 0) is 9.53 Å². The van der Waals surface area contributed by atoms with Crippen molar-refractivity contribution in [2.75, 3.05) is 7.11 Å². The number of furan rings is 1. The van der Waals surface area contributed by atoms with E-state index in [-0.39, 0.29) is 37.0 Å². The maximum atomic E-state index is 13.4. The van der Waals surface area contributed by atoms with Gasteiger partial charge in [0.15, 0.2) is 4.80 Å². The van der Waals surface area contributed by atoms with Crippen molar-refractivity contribution in [1.29, 1.82) is 0 Å². The number of esters is 1. The van der Waals surface area contributed by atoms with Gasteiger partial charge in [-0.2, -0.15) is 0 Å². The predicted octanol–water partition coefficient (Wildman–Crippen LogP) is 2.47. The van der Waals surface area contributed by atoms with Crippen molar-refractivity contribution in [2.45, 2.75) is 13.0 Å². The Balaban J connectivity index is 1.98. The summed E-state index contributed by atoms with van der Waals surface area (Å²) in [6, 6.07) is 5.35. The second kappa shape index (κ2) is 8.68. The highest BCUT2D eigenvalue weighted by Crippen LogP contribution is 2.34. The van der Waals surface area contributed by atoms with Crippen molar-refractivity contribution in [3.05, 3.63) is 97.9 Å². The SMILES string of the molecule is COC(=O)C1=C(C)N=c2sc(=Cc3ccc([N+](=O)[O-])o3)c(=O)n2C1c1ccc(Cl)c([N+](=O)[O-])c1. The molecule has 0 aliphatic carbocycles. The Hall–Kier alpha value is -4.10. The quantitative estimate of drug-likeness (QED) is 0.291. The van der Waals surface area contributed by atoms with Crippen molar-refractivity contribution in [2.24, 2.45) is 4.99 Å². The summed E-state index contributed by atoms with van der Waals surface area (Å²) in [6.07, 6.45) is 1.31. The van der Waals surface area contributed by atoms with E-state index in [1.54, 1.807) is 6.92 Å². The third-order valence-corrected chi connectivity index (χ3v) is 6.28. The third kappa shape index (κ3) is 3.91. The van der Waals surface area contributed by atoms with Gasteiger partial charge in [-0.15, -0.1) is 0 Å². The summed E-state index contributed by atoms with van der Waals surface area (Å²) < 4.78 is 11.3. The van der Waals surface area contributed by atoms with Crippen LogP contribution in [0.15, 0.2) is 55.8 Å². The van der Waals surface area contributed by atoms with Gasteiger partial charge in [-0.1, -0.05) is 29.0 Å². The van der Waals surface area contributed by atoms with E-state index in [1.807, 2.05) is 0 Å². The highest BCUT2D eigenvalue weighted by molar-refractivity contribution is 7.07. The Morgan fingerprint density at radius 3 is 2.62 bits per heavy atom. The molecule has 0 bridgehead atoms. The molecule has 0 spiro atoms. The van der Waals surface area contributed by atoms with Gasteiger partial charge in [0.1, 0.15) is 15.7 Å². The van der Waals surface area contributed by atoms with Crippen molar-refractivity contribution in [3.8, 4) is 0 Å². The molecule has 1 atom stereocenters. The van der Waals surface area contributed by atoms with Crippen LogP contribution in [0, 0.1) is 20.2 Å². The minimum atomic E-state index is -1.09. The monoisotopic (exact) mass is 504 g/mol. The molecule has 1 aliphatic rings.